The SMILES string of the molecule is CN(C)c1ccc(-c2cn(S(=O)(=O)c3ccccc3)c3c2C(=O)C(O)C=C3)cc1. The molecule has 1 heterocycles. The molecule has 29 heavy (non-hydrogen) atoms. The van der Waals surface area contributed by atoms with Crippen LogP contribution in [-0.2, 0) is 10.0 Å². The van der Waals surface area contributed by atoms with E-state index in [9.17, 15) is 18.3 Å². The largest absolute Gasteiger partial charge is 0.381 e. The van der Waals surface area contributed by atoms with Crippen LogP contribution in [0.15, 0.2) is 71.8 Å². The van der Waals surface area contributed by atoms with E-state index >= 15 is 0 Å². The number of carbonyl (C=O) groups is 1. The van der Waals surface area contributed by atoms with Gasteiger partial charge in [-0.3, -0.25) is 4.79 Å². The van der Waals surface area contributed by atoms with Crippen LogP contribution in [0.25, 0.3) is 17.2 Å². The van der Waals surface area contributed by atoms with Gasteiger partial charge in [-0.25, -0.2) is 12.4 Å². The lowest BCUT2D eigenvalue weighted by atomic mass is 9.93. The summed E-state index contributed by atoms with van der Waals surface area (Å²) in [6, 6.07) is 15.5. The van der Waals surface area contributed by atoms with E-state index in [1.54, 1.807) is 18.2 Å². The van der Waals surface area contributed by atoms with E-state index in [4.69, 9.17) is 0 Å². The summed E-state index contributed by atoms with van der Waals surface area (Å²) < 4.78 is 27.6. The minimum Gasteiger partial charge on any atom is -0.381 e. The minimum absolute atomic E-state index is 0.124. The average molecular weight is 408 g/mol. The van der Waals surface area contributed by atoms with Crippen LogP contribution in [0, 0.1) is 0 Å². The standard InChI is InChI=1S/C22H20N2O4S/c1-23(2)16-10-8-15(9-11-16)18-14-24(19-12-13-20(25)22(26)21(18)19)29(27,28)17-6-4-3-5-7-17/h3-14,20,25H,1-2H3. The Morgan fingerprint density at radius 2 is 1.66 bits per heavy atom. The van der Waals surface area contributed by atoms with Gasteiger partial charge in [0.05, 0.1) is 16.2 Å². The zero-order valence-corrected chi connectivity index (χ0v) is 16.8. The molecule has 148 valence electrons. The normalized spacial score (nSPS) is 16.0. The van der Waals surface area contributed by atoms with E-state index in [2.05, 4.69) is 0 Å². The van der Waals surface area contributed by atoms with Crippen LogP contribution in [0.3, 0.4) is 0 Å². The summed E-state index contributed by atoms with van der Waals surface area (Å²) in [6.45, 7) is 0. The smallest absolute Gasteiger partial charge is 0.268 e. The van der Waals surface area contributed by atoms with Crippen molar-refractivity contribution in [1.82, 2.24) is 3.97 Å². The van der Waals surface area contributed by atoms with Crippen LogP contribution >= 0.6 is 0 Å². The molecule has 7 heteroatoms. The number of aliphatic hydroxyl groups excluding tert-OH is 1. The fourth-order valence-electron chi connectivity index (χ4n) is 3.40. The van der Waals surface area contributed by atoms with Crippen LogP contribution in [-0.4, -0.2) is 43.5 Å². The topological polar surface area (TPSA) is 79.6 Å². The molecule has 1 aliphatic rings. The third kappa shape index (κ3) is 3.18. The second-order valence-electron chi connectivity index (χ2n) is 7.03. The van der Waals surface area contributed by atoms with Crippen molar-refractivity contribution in [1.29, 1.82) is 0 Å². The van der Waals surface area contributed by atoms with Gasteiger partial charge in [0, 0.05) is 31.5 Å². The molecule has 0 fully saturated rings. The Balaban J connectivity index is 1.94. The maximum absolute atomic E-state index is 13.2. The number of rotatable bonds is 4. The van der Waals surface area contributed by atoms with Crippen molar-refractivity contribution >= 4 is 27.6 Å². The van der Waals surface area contributed by atoms with E-state index in [0.717, 1.165) is 9.66 Å². The van der Waals surface area contributed by atoms with Crippen LogP contribution in [0.5, 0.6) is 0 Å². The molecular formula is C22H20N2O4S. The minimum atomic E-state index is -3.91. The molecule has 1 aliphatic carbocycles. The highest BCUT2D eigenvalue weighted by molar-refractivity contribution is 7.90. The molecule has 6 nitrogen and oxygen atoms in total. The molecule has 2 aromatic carbocycles. The monoisotopic (exact) mass is 408 g/mol. The number of aromatic nitrogens is 1. The van der Waals surface area contributed by atoms with Crippen LogP contribution < -0.4 is 4.90 Å². The number of anilines is 1. The van der Waals surface area contributed by atoms with Gasteiger partial charge in [0.25, 0.3) is 10.0 Å². The van der Waals surface area contributed by atoms with E-state index < -0.39 is 21.9 Å². The summed E-state index contributed by atoms with van der Waals surface area (Å²) in [5.74, 6) is -0.517. The van der Waals surface area contributed by atoms with Gasteiger partial charge in [-0.15, -0.1) is 0 Å². The molecule has 3 aromatic rings. The molecule has 0 bridgehead atoms. The van der Waals surface area contributed by atoms with Gasteiger partial charge < -0.3 is 10.0 Å². The molecule has 0 amide bonds. The summed E-state index contributed by atoms with van der Waals surface area (Å²) in [6.07, 6.45) is 2.95. The number of nitrogens with zero attached hydrogens (tertiary/aromatic N) is 2. The quantitative estimate of drug-likeness (QED) is 0.718. The number of Topliss-reactive ketones (excluding diaryl/α,β-unsaturated/α-hetero) is 1. The summed E-state index contributed by atoms with van der Waals surface area (Å²) >= 11 is 0. The molecule has 0 saturated heterocycles. The van der Waals surface area contributed by atoms with Gasteiger partial charge in [-0.2, -0.15) is 0 Å². The number of aliphatic hydroxyl groups is 1. The fraction of sp³-hybridized carbons (Fsp3) is 0.136. The molecule has 0 radical (unpaired) electrons. The molecule has 0 aliphatic heterocycles. The summed E-state index contributed by atoms with van der Waals surface area (Å²) in [5, 5.41) is 10.0. The van der Waals surface area contributed by atoms with Gasteiger partial charge in [-0.05, 0) is 42.0 Å². The first kappa shape index (κ1) is 19.2. The van der Waals surface area contributed by atoms with E-state index in [1.807, 2.05) is 43.3 Å². The zero-order valence-electron chi connectivity index (χ0n) is 16.0. The summed E-state index contributed by atoms with van der Waals surface area (Å²) in [7, 11) is -0.0646. The Morgan fingerprint density at radius 3 is 2.28 bits per heavy atom. The van der Waals surface area contributed by atoms with E-state index in [1.165, 1.54) is 30.5 Å². The third-order valence-electron chi connectivity index (χ3n) is 4.96. The van der Waals surface area contributed by atoms with Crippen LogP contribution in [0.2, 0.25) is 0 Å². The van der Waals surface area contributed by atoms with Gasteiger partial charge in [-0.1, -0.05) is 30.3 Å². The van der Waals surface area contributed by atoms with Gasteiger partial charge >= 0.3 is 0 Å². The van der Waals surface area contributed by atoms with E-state index in [-0.39, 0.29) is 16.2 Å². The molecule has 1 aromatic heterocycles. The van der Waals surface area contributed by atoms with Crippen molar-refractivity contribution in [3.05, 3.63) is 78.1 Å². The molecule has 0 saturated carbocycles. The van der Waals surface area contributed by atoms with Crippen LogP contribution in [0.1, 0.15) is 16.1 Å². The Bertz CT molecular complexity index is 1210. The van der Waals surface area contributed by atoms with Crippen molar-refractivity contribution in [2.45, 2.75) is 11.0 Å². The van der Waals surface area contributed by atoms with Crippen molar-refractivity contribution < 1.29 is 18.3 Å². The van der Waals surface area contributed by atoms with Crippen molar-refractivity contribution in [2.24, 2.45) is 0 Å². The van der Waals surface area contributed by atoms with Crippen LogP contribution in [0.4, 0.5) is 5.69 Å². The Hall–Kier alpha value is -3.16. The predicted molar refractivity (Wildman–Crippen MR) is 113 cm³/mol. The number of benzene rings is 2. The molecule has 4 rings (SSSR count). The first-order valence-electron chi connectivity index (χ1n) is 9.05. The number of hydrogen-bond donors (Lipinski definition) is 1. The first-order chi connectivity index (χ1) is 13.8. The van der Waals surface area contributed by atoms with Crippen molar-refractivity contribution in [3.8, 4) is 11.1 Å². The van der Waals surface area contributed by atoms with Crippen molar-refractivity contribution in [2.75, 3.05) is 19.0 Å². The Kier molecular flexibility index (Phi) is 4.64. The summed E-state index contributed by atoms with van der Waals surface area (Å²) in [5.41, 5.74) is 2.60. The number of fused-ring (bicyclic) bond motifs is 1. The highest BCUT2D eigenvalue weighted by Crippen LogP contribution is 2.35. The lowest BCUT2D eigenvalue weighted by Crippen LogP contribution is -2.23. The van der Waals surface area contributed by atoms with Gasteiger partial charge in [0.2, 0.25) is 0 Å². The lowest BCUT2D eigenvalue weighted by molar-refractivity contribution is 0.0819. The number of ketones is 1. The van der Waals surface area contributed by atoms with Gasteiger partial charge in [0.1, 0.15) is 6.10 Å². The second-order valence-corrected chi connectivity index (χ2v) is 8.84. The highest BCUT2D eigenvalue weighted by Gasteiger charge is 2.32. The predicted octanol–water partition coefficient (Wildman–Crippen LogP) is 3.03. The number of hydrogen-bond acceptors (Lipinski definition) is 5. The molecule has 1 unspecified atom stereocenters. The molecular weight excluding hydrogens is 388 g/mol. The van der Waals surface area contributed by atoms with E-state index in [0.29, 0.717) is 11.1 Å². The zero-order chi connectivity index (χ0) is 20.8. The number of carbonyl (C=O) groups excluding carboxylic acids is 1. The molecule has 1 N–H and O–H groups in total. The maximum Gasteiger partial charge on any atom is 0.268 e. The fourth-order valence-corrected chi connectivity index (χ4v) is 4.78. The maximum atomic E-state index is 13.2. The Morgan fingerprint density at radius 1 is 1.00 bits per heavy atom. The molecule has 0 spiro atoms. The Labute approximate surface area is 169 Å². The van der Waals surface area contributed by atoms with Gasteiger partial charge in [0.15, 0.2) is 5.78 Å². The average Bonchev–Trinajstić information content (AvgIpc) is 3.12. The molecule has 1 atom stereocenters. The summed E-state index contributed by atoms with van der Waals surface area (Å²) in [4.78, 5) is 14.8. The lowest BCUT2D eigenvalue weighted by Gasteiger charge is -2.15. The first-order valence-corrected chi connectivity index (χ1v) is 10.5. The van der Waals surface area contributed by atoms with Crippen molar-refractivity contribution in [3.63, 3.8) is 0 Å². The third-order valence-corrected chi connectivity index (χ3v) is 6.64. The highest BCUT2D eigenvalue weighted by atomic mass is 32.2. The second kappa shape index (κ2) is 7.02.